The molecule has 5 nitrogen and oxygen atoms in total. The Morgan fingerprint density at radius 3 is 2.68 bits per heavy atom. The van der Waals surface area contributed by atoms with E-state index in [9.17, 15) is 9.18 Å². The van der Waals surface area contributed by atoms with Gasteiger partial charge in [0.1, 0.15) is 5.67 Å². The second kappa shape index (κ2) is 5.52. The van der Waals surface area contributed by atoms with E-state index in [0.717, 1.165) is 5.56 Å². The first-order chi connectivity index (χ1) is 11.9. The molecule has 0 unspecified atom stereocenters. The van der Waals surface area contributed by atoms with Gasteiger partial charge in [-0.3, -0.25) is 9.20 Å². The molecule has 1 saturated carbocycles. The zero-order valence-electron chi connectivity index (χ0n) is 13.7. The van der Waals surface area contributed by atoms with E-state index < -0.39 is 5.67 Å². The van der Waals surface area contributed by atoms with Gasteiger partial charge < -0.3 is 4.74 Å². The summed E-state index contributed by atoms with van der Waals surface area (Å²) in [6.07, 6.45) is 2.58. The van der Waals surface area contributed by atoms with E-state index in [-0.39, 0.29) is 11.3 Å². The molecule has 0 radical (unpaired) electrons. The minimum Gasteiger partial charge on any atom is -0.481 e. The average molecular weight is 360 g/mol. The zero-order valence-corrected chi connectivity index (χ0v) is 14.5. The molecule has 1 fully saturated rings. The Bertz CT molecular complexity index is 1040. The van der Waals surface area contributed by atoms with Gasteiger partial charge in [-0.15, -0.1) is 0 Å². The van der Waals surface area contributed by atoms with Gasteiger partial charge in [-0.25, -0.2) is 9.37 Å². The van der Waals surface area contributed by atoms with Crippen molar-refractivity contribution in [3.8, 4) is 17.1 Å². The minimum atomic E-state index is -1.27. The summed E-state index contributed by atoms with van der Waals surface area (Å²) in [6.45, 7) is 1.83. The predicted octanol–water partition coefficient (Wildman–Crippen LogP) is 3.69. The number of fused-ring (bicyclic) bond motifs is 1. The van der Waals surface area contributed by atoms with Crippen LogP contribution in [0, 0.1) is 6.92 Å². The quantitative estimate of drug-likeness (QED) is 0.715. The Morgan fingerprint density at radius 2 is 2.04 bits per heavy atom. The van der Waals surface area contributed by atoms with Gasteiger partial charge in [-0.2, -0.15) is 4.98 Å². The molecule has 0 saturated heterocycles. The topological polar surface area (TPSA) is 56.5 Å². The van der Waals surface area contributed by atoms with Gasteiger partial charge in [0.25, 0.3) is 5.56 Å². The lowest BCUT2D eigenvalue weighted by Crippen LogP contribution is -2.15. The van der Waals surface area contributed by atoms with E-state index in [1.165, 1.54) is 17.6 Å². The van der Waals surface area contributed by atoms with Crippen molar-refractivity contribution in [1.29, 1.82) is 0 Å². The summed E-state index contributed by atoms with van der Waals surface area (Å²) < 4.78 is 20.7. The van der Waals surface area contributed by atoms with Gasteiger partial charge in [0.2, 0.25) is 11.7 Å². The van der Waals surface area contributed by atoms with Crippen LogP contribution in [0.15, 0.2) is 35.3 Å². The van der Waals surface area contributed by atoms with Crippen molar-refractivity contribution in [2.24, 2.45) is 0 Å². The van der Waals surface area contributed by atoms with Crippen LogP contribution in [0.4, 0.5) is 4.39 Å². The summed E-state index contributed by atoms with van der Waals surface area (Å²) in [6, 6.07) is 6.38. The van der Waals surface area contributed by atoms with E-state index in [2.05, 4.69) is 9.97 Å². The molecule has 0 bridgehead atoms. The Labute approximate surface area is 148 Å². The lowest BCUT2D eigenvalue weighted by molar-refractivity contribution is 0.317. The molecule has 4 rings (SSSR count). The summed E-state index contributed by atoms with van der Waals surface area (Å²) in [7, 11) is 1.49. The number of hydrogen-bond donors (Lipinski definition) is 0. The van der Waals surface area contributed by atoms with Gasteiger partial charge in [0.15, 0.2) is 0 Å². The monoisotopic (exact) mass is 359 g/mol. The molecule has 1 aromatic carbocycles. The van der Waals surface area contributed by atoms with Crippen molar-refractivity contribution in [3.05, 3.63) is 57.0 Å². The summed E-state index contributed by atoms with van der Waals surface area (Å²) in [4.78, 5) is 21.0. The third-order valence-corrected chi connectivity index (χ3v) is 4.77. The van der Waals surface area contributed by atoms with Crippen LogP contribution in [-0.4, -0.2) is 21.5 Å². The van der Waals surface area contributed by atoms with Crippen LogP contribution in [0.2, 0.25) is 5.02 Å². The van der Waals surface area contributed by atoms with Crippen LogP contribution in [-0.2, 0) is 5.67 Å². The fourth-order valence-electron chi connectivity index (χ4n) is 2.94. The first-order valence-corrected chi connectivity index (χ1v) is 8.23. The van der Waals surface area contributed by atoms with Crippen molar-refractivity contribution in [3.63, 3.8) is 0 Å². The van der Waals surface area contributed by atoms with Gasteiger partial charge >= 0.3 is 0 Å². The van der Waals surface area contributed by atoms with Crippen LogP contribution in [0.1, 0.15) is 24.0 Å². The molecule has 3 aromatic rings. The fraction of sp³-hybridized carbons (Fsp3) is 0.278. The summed E-state index contributed by atoms with van der Waals surface area (Å²) in [5.74, 6) is 0.570. The Kier molecular flexibility index (Phi) is 3.54. The number of rotatable bonds is 3. The Hall–Kier alpha value is -2.47. The number of methoxy groups -OCH3 is 1. The molecular formula is C18H15ClFN3O2. The Balaban J connectivity index is 1.91. The lowest BCUT2D eigenvalue weighted by atomic mass is 9.99. The van der Waals surface area contributed by atoms with Crippen molar-refractivity contribution in [2.75, 3.05) is 7.11 Å². The van der Waals surface area contributed by atoms with Crippen LogP contribution in [0.3, 0.4) is 0 Å². The molecule has 0 spiro atoms. The number of hydrogen-bond acceptors (Lipinski definition) is 4. The maximum absolute atomic E-state index is 14.3. The zero-order chi connectivity index (χ0) is 17.8. The highest BCUT2D eigenvalue weighted by molar-refractivity contribution is 6.33. The number of aromatic nitrogens is 3. The van der Waals surface area contributed by atoms with Crippen LogP contribution in [0.25, 0.3) is 17.0 Å². The highest BCUT2D eigenvalue weighted by Gasteiger charge is 2.45. The molecular weight excluding hydrogens is 345 g/mol. The highest BCUT2D eigenvalue weighted by Crippen LogP contribution is 2.51. The highest BCUT2D eigenvalue weighted by atomic mass is 35.5. The van der Waals surface area contributed by atoms with Gasteiger partial charge in [0.05, 0.1) is 17.8 Å². The molecule has 0 atom stereocenters. The number of nitrogens with zero attached hydrogens (tertiary/aromatic N) is 3. The normalized spacial score (nSPS) is 15.4. The number of aryl methyl sites for hydroxylation is 1. The number of benzene rings is 1. The smallest absolute Gasteiger partial charge is 0.259 e. The van der Waals surface area contributed by atoms with Gasteiger partial charge in [-0.1, -0.05) is 17.7 Å². The van der Waals surface area contributed by atoms with E-state index >= 15 is 0 Å². The predicted molar refractivity (Wildman–Crippen MR) is 93.0 cm³/mol. The van der Waals surface area contributed by atoms with E-state index in [1.54, 1.807) is 24.4 Å². The molecule has 2 heterocycles. The lowest BCUT2D eigenvalue weighted by Gasteiger charge is -2.13. The van der Waals surface area contributed by atoms with Crippen molar-refractivity contribution in [2.45, 2.75) is 25.4 Å². The first-order valence-electron chi connectivity index (χ1n) is 7.86. The van der Waals surface area contributed by atoms with Gasteiger partial charge in [-0.05, 0) is 37.0 Å². The molecule has 1 aliphatic carbocycles. The molecule has 0 aliphatic heterocycles. The Morgan fingerprint density at radius 1 is 1.28 bits per heavy atom. The first kappa shape index (κ1) is 16.0. The maximum Gasteiger partial charge on any atom is 0.259 e. The fourth-order valence-corrected chi connectivity index (χ4v) is 3.30. The van der Waals surface area contributed by atoms with E-state index in [4.69, 9.17) is 16.3 Å². The maximum atomic E-state index is 14.3. The second-order valence-corrected chi connectivity index (χ2v) is 6.64. The van der Waals surface area contributed by atoms with Crippen molar-refractivity contribution in [1.82, 2.24) is 14.4 Å². The molecule has 1 aliphatic rings. The second-order valence-electron chi connectivity index (χ2n) is 6.23. The molecule has 25 heavy (non-hydrogen) atoms. The molecule has 2 aromatic heterocycles. The number of ether oxygens (including phenoxy) is 1. The summed E-state index contributed by atoms with van der Waals surface area (Å²) in [5.41, 5.74) is 0.820. The van der Waals surface area contributed by atoms with Crippen molar-refractivity contribution < 1.29 is 9.13 Å². The number of alkyl halides is 1. The van der Waals surface area contributed by atoms with Crippen LogP contribution < -0.4 is 10.3 Å². The molecule has 0 amide bonds. The van der Waals surface area contributed by atoms with Crippen LogP contribution >= 0.6 is 11.6 Å². The summed E-state index contributed by atoms with van der Waals surface area (Å²) >= 11 is 6.40. The van der Waals surface area contributed by atoms with E-state index in [0.29, 0.717) is 40.6 Å². The average Bonchev–Trinajstić information content (AvgIpc) is 3.32. The summed E-state index contributed by atoms with van der Waals surface area (Å²) in [5, 5.41) is 0.373. The van der Waals surface area contributed by atoms with Crippen LogP contribution in [0.5, 0.6) is 5.88 Å². The SMILES string of the molecule is COc1ccn2c(=O)cc(-c3c(C)cc(C4(F)CC4)cc3Cl)nc2n1. The third kappa shape index (κ3) is 2.66. The molecule has 128 valence electrons. The molecule has 7 heteroatoms. The van der Waals surface area contributed by atoms with E-state index in [1.807, 2.05) is 6.92 Å². The minimum absolute atomic E-state index is 0.213. The van der Waals surface area contributed by atoms with Crippen molar-refractivity contribution >= 4 is 17.4 Å². The standard InChI is InChI=1S/C18H15ClFN3O2/c1-10-7-11(18(20)4-5-18)8-12(19)16(10)13-9-15(24)23-6-3-14(25-2)22-17(23)21-13/h3,6-9H,4-5H2,1-2H3. The molecule has 0 N–H and O–H groups in total. The van der Waals surface area contributed by atoms with Gasteiger partial charge in [0, 0.05) is 23.9 Å². The number of halogens is 2. The third-order valence-electron chi connectivity index (χ3n) is 4.47. The largest absolute Gasteiger partial charge is 0.481 e.